The zero-order valence-corrected chi connectivity index (χ0v) is 12.7. The summed E-state index contributed by atoms with van der Waals surface area (Å²) in [6.07, 6.45) is 0. The van der Waals surface area contributed by atoms with Crippen LogP contribution in [-0.2, 0) is 16.1 Å². The Morgan fingerprint density at radius 1 is 1.62 bits per heavy atom. The van der Waals surface area contributed by atoms with Gasteiger partial charge in [-0.1, -0.05) is 11.6 Å². The second kappa shape index (κ2) is 7.56. The van der Waals surface area contributed by atoms with Crippen LogP contribution in [0.15, 0.2) is 12.1 Å². The molecule has 7 nitrogen and oxygen atoms in total. The fourth-order valence-electron chi connectivity index (χ4n) is 2.23. The van der Waals surface area contributed by atoms with Crippen molar-refractivity contribution in [2.24, 2.45) is 5.84 Å². The molecule has 2 rings (SSSR count). The number of nitrogens with two attached hydrogens (primary N) is 1. The first-order valence-electron chi connectivity index (χ1n) is 6.87. The molecule has 0 saturated carbocycles. The summed E-state index contributed by atoms with van der Waals surface area (Å²) in [4.78, 5) is 18.4. The molecule has 21 heavy (non-hydrogen) atoms. The van der Waals surface area contributed by atoms with Gasteiger partial charge in [-0.05, 0) is 19.1 Å². The van der Waals surface area contributed by atoms with Crippen LogP contribution in [0.25, 0.3) is 0 Å². The van der Waals surface area contributed by atoms with Gasteiger partial charge in [0, 0.05) is 19.6 Å². The maximum Gasteiger partial charge on any atom is 0.239 e. The fraction of sp³-hybridized carbons (Fsp3) is 0.538. The summed E-state index contributed by atoms with van der Waals surface area (Å²) in [6, 6.07) is 3.11. The first kappa shape index (κ1) is 16.0. The molecule has 2 heterocycles. The average molecular weight is 314 g/mol. The van der Waals surface area contributed by atoms with Crippen LogP contribution in [0.1, 0.15) is 12.6 Å². The van der Waals surface area contributed by atoms with E-state index in [9.17, 15) is 4.79 Å². The number of nitrogen functional groups attached to an aromatic ring is 1. The number of ether oxygens (including phenoxy) is 1. The second-order valence-corrected chi connectivity index (χ2v) is 5.13. The molecule has 1 aliphatic heterocycles. The molecule has 1 saturated heterocycles. The molecule has 1 amide bonds. The van der Waals surface area contributed by atoms with Crippen LogP contribution < -0.4 is 16.6 Å². The number of pyridine rings is 1. The summed E-state index contributed by atoms with van der Waals surface area (Å²) in [5, 5.41) is 3.37. The summed E-state index contributed by atoms with van der Waals surface area (Å²) < 4.78 is 5.40. The lowest BCUT2D eigenvalue weighted by atomic mass is 10.2. The summed E-state index contributed by atoms with van der Waals surface area (Å²) in [5.74, 6) is 5.86. The van der Waals surface area contributed by atoms with Gasteiger partial charge in [-0.15, -0.1) is 0 Å². The first-order chi connectivity index (χ1) is 10.2. The van der Waals surface area contributed by atoms with Gasteiger partial charge < -0.3 is 15.5 Å². The molecule has 0 aromatic carbocycles. The van der Waals surface area contributed by atoms with E-state index in [4.69, 9.17) is 22.2 Å². The monoisotopic (exact) mass is 313 g/mol. The summed E-state index contributed by atoms with van der Waals surface area (Å²) in [5.41, 5.74) is 3.18. The van der Waals surface area contributed by atoms with Gasteiger partial charge in [0.25, 0.3) is 0 Å². The normalized spacial score (nSPS) is 19.3. The van der Waals surface area contributed by atoms with Crippen molar-refractivity contribution in [1.29, 1.82) is 0 Å². The van der Waals surface area contributed by atoms with Crippen LogP contribution in [-0.4, -0.2) is 48.1 Å². The van der Waals surface area contributed by atoms with Crippen LogP contribution >= 0.6 is 11.6 Å². The van der Waals surface area contributed by atoms with Crippen molar-refractivity contribution in [3.8, 4) is 0 Å². The number of hydrogen-bond donors (Lipinski definition) is 3. The molecule has 1 fully saturated rings. The molecule has 8 heteroatoms. The van der Waals surface area contributed by atoms with Crippen molar-refractivity contribution < 1.29 is 9.53 Å². The third-order valence-corrected chi connectivity index (χ3v) is 3.66. The van der Waals surface area contributed by atoms with Gasteiger partial charge in [-0.3, -0.25) is 9.69 Å². The summed E-state index contributed by atoms with van der Waals surface area (Å²) in [7, 11) is 0. The van der Waals surface area contributed by atoms with Crippen molar-refractivity contribution in [1.82, 2.24) is 15.2 Å². The lowest BCUT2D eigenvalue weighted by molar-refractivity contribution is -0.132. The van der Waals surface area contributed by atoms with E-state index < -0.39 is 0 Å². The molecule has 116 valence electrons. The van der Waals surface area contributed by atoms with E-state index in [1.807, 2.05) is 11.8 Å². The van der Waals surface area contributed by atoms with E-state index in [2.05, 4.69) is 15.7 Å². The highest BCUT2D eigenvalue weighted by Crippen LogP contribution is 2.20. The summed E-state index contributed by atoms with van der Waals surface area (Å²) in [6.45, 7) is 4.57. The number of likely N-dealkylation sites (N-methyl/N-ethyl adjacent to an activating group) is 1. The van der Waals surface area contributed by atoms with E-state index in [-0.39, 0.29) is 11.9 Å². The van der Waals surface area contributed by atoms with Gasteiger partial charge in [-0.2, -0.15) is 0 Å². The number of anilines is 1. The first-order valence-corrected chi connectivity index (χ1v) is 7.25. The Labute approximate surface area is 128 Å². The van der Waals surface area contributed by atoms with E-state index in [1.165, 1.54) is 0 Å². The van der Waals surface area contributed by atoms with Crippen molar-refractivity contribution in [2.45, 2.75) is 19.5 Å². The largest absolute Gasteiger partial charge is 0.378 e. The molecule has 0 bridgehead atoms. The molecular formula is C13H20ClN5O2. The van der Waals surface area contributed by atoms with Gasteiger partial charge in [-0.25, -0.2) is 10.8 Å². The van der Waals surface area contributed by atoms with E-state index in [0.717, 1.165) is 0 Å². The molecule has 1 aliphatic rings. The molecule has 1 unspecified atom stereocenters. The predicted molar refractivity (Wildman–Crippen MR) is 80.8 cm³/mol. The van der Waals surface area contributed by atoms with Crippen molar-refractivity contribution in [2.75, 3.05) is 31.7 Å². The fourth-order valence-corrected chi connectivity index (χ4v) is 2.39. The topological polar surface area (TPSA) is 92.5 Å². The standard InChI is InChI=1S/C13H20ClN5O2/c1-2-16-13(20)11-8-21-6-5-19(11)7-10-9(14)3-4-12(17-10)18-15/h3-4,11H,2,5-8,15H2,1H3,(H,16,20)(H,17,18). The molecular weight excluding hydrogens is 294 g/mol. The molecule has 0 spiro atoms. The van der Waals surface area contributed by atoms with Crippen LogP contribution in [0.4, 0.5) is 5.82 Å². The predicted octanol–water partition coefficient (Wildman–Crippen LogP) is 0.358. The molecule has 1 aromatic rings. The Morgan fingerprint density at radius 3 is 3.14 bits per heavy atom. The minimum Gasteiger partial charge on any atom is -0.378 e. The quantitative estimate of drug-likeness (QED) is 0.537. The number of hydrazine groups is 1. The average Bonchev–Trinajstić information content (AvgIpc) is 2.50. The lowest BCUT2D eigenvalue weighted by Gasteiger charge is -2.34. The number of halogens is 1. The number of hydrogen-bond acceptors (Lipinski definition) is 6. The molecule has 0 radical (unpaired) electrons. The highest BCUT2D eigenvalue weighted by molar-refractivity contribution is 6.31. The Balaban J connectivity index is 2.13. The Bertz CT molecular complexity index is 499. The van der Waals surface area contributed by atoms with Gasteiger partial charge in [0.15, 0.2) is 0 Å². The highest BCUT2D eigenvalue weighted by Gasteiger charge is 2.29. The molecule has 1 atom stereocenters. The number of carbonyl (C=O) groups excluding carboxylic acids is 1. The van der Waals surface area contributed by atoms with Crippen molar-refractivity contribution >= 4 is 23.3 Å². The maximum absolute atomic E-state index is 12.1. The molecule has 1 aromatic heterocycles. The smallest absolute Gasteiger partial charge is 0.239 e. The zero-order valence-electron chi connectivity index (χ0n) is 11.9. The van der Waals surface area contributed by atoms with Gasteiger partial charge in [0.1, 0.15) is 11.9 Å². The number of aromatic nitrogens is 1. The van der Waals surface area contributed by atoms with E-state index in [1.54, 1.807) is 12.1 Å². The second-order valence-electron chi connectivity index (χ2n) is 4.73. The van der Waals surface area contributed by atoms with E-state index in [0.29, 0.717) is 49.4 Å². The number of nitrogens with zero attached hydrogens (tertiary/aromatic N) is 2. The van der Waals surface area contributed by atoms with Crippen molar-refractivity contribution in [3.05, 3.63) is 22.8 Å². The number of amides is 1. The number of morpholine rings is 1. The molecule has 0 aliphatic carbocycles. The zero-order chi connectivity index (χ0) is 15.2. The lowest BCUT2D eigenvalue weighted by Crippen LogP contribution is -2.53. The van der Waals surface area contributed by atoms with E-state index >= 15 is 0 Å². The van der Waals surface area contributed by atoms with Crippen LogP contribution in [0.2, 0.25) is 5.02 Å². The Hall–Kier alpha value is -1.41. The van der Waals surface area contributed by atoms with Gasteiger partial charge in [0.05, 0.1) is 23.9 Å². The Kier molecular flexibility index (Phi) is 5.75. The minimum atomic E-state index is -0.328. The third-order valence-electron chi connectivity index (χ3n) is 3.31. The third kappa shape index (κ3) is 4.04. The SMILES string of the molecule is CCNC(=O)C1COCCN1Cc1nc(NN)ccc1Cl. The van der Waals surface area contributed by atoms with Crippen LogP contribution in [0, 0.1) is 0 Å². The van der Waals surface area contributed by atoms with Crippen molar-refractivity contribution in [3.63, 3.8) is 0 Å². The number of rotatable bonds is 5. The van der Waals surface area contributed by atoms with Crippen LogP contribution in [0.3, 0.4) is 0 Å². The number of carbonyl (C=O) groups is 1. The minimum absolute atomic E-state index is 0.0403. The summed E-state index contributed by atoms with van der Waals surface area (Å²) >= 11 is 6.17. The number of nitrogens with one attached hydrogen (secondary N) is 2. The maximum atomic E-state index is 12.1. The van der Waals surface area contributed by atoms with Crippen LogP contribution in [0.5, 0.6) is 0 Å². The molecule has 4 N–H and O–H groups in total. The van der Waals surface area contributed by atoms with Gasteiger partial charge in [0.2, 0.25) is 5.91 Å². The Morgan fingerprint density at radius 2 is 2.43 bits per heavy atom. The highest BCUT2D eigenvalue weighted by atomic mass is 35.5. The van der Waals surface area contributed by atoms with Gasteiger partial charge >= 0.3 is 0 Å².